The van der Waals surface area contributed by atoms with E-state index in [2.05, 4.69) is 4.98 Å². The highest BCUT2D eigenvalue weighted by Gasteiger charge is 2.06. The molecule has 0 N–H and O–H groups in total. The summed E-state index contributed by atoms with van der Waals surface area (Å²) in [7, 11) is 1.65. The molecular formula is C13H12ClNO. The van der Waals surface area contributed by atoms with Crippen LogP contribution in [0, 0.1) is 0 Å². The number of nitrogens with zero attached hydrogens (tertiary/aromatic N) is 1. The van der Waals surface area contributed by atoms with Crippen molar-refractivity contribution in [3.05, 3.63) is 48.3 Å². The van der Waals surface area contributed by atoms with Crippen molar-refractivity contribution in [1.29, 1.82) is 0 Å². The van der Waals surface area contributed by atoms with Gasteiger partial charge in [-0.25, -0.2) is 0 Å². The molecule has 0 bridgehead atoms. The molecule has 3 heteroatoms. The van der Waals surface area contributed by atoms with Crippen LogP contribution in [0.1, 0.15) is 5.69 Å². The lowest BCUT2D eigenvalue weighted by molar-refractivity contribution is 0.415. The standard InChI is InChI=1S/C13H12ClNO/c1-16-13-7-11(8-14)15-9-12(13)10-5-3-2-4-6-10/h2-7,9H,8H2,1H3. The Hall–Kier alpha value is -1.54. The van der Waals surface area contributed by atoms with Crippen LogP contribution >= 0.6 is 11.6 Å². The third kappa shape index (κ3) is 2.17. The first-order valence-corrected chi connectivity index (χ1v) is 5.53. The summed E-state index contributed by atoms with van der Waals surface area (Å²) in [6, 6.07) is 11.9. The van der Waals surface area contributed by atoms with Gasteiger partial charge >= 0.3 is 0 Å². The Morgan fingerprint density at radius 3 is 2.62 bits per heavy atom. The van der Waals surface area contributed by atoms with Gasteiger partial charge in [-0.15, -0.1) is 11.6 Å². The summed E-state index contributed by atoms with van der Waals surface area (Å²) in [5.41, 5.74) is 2.89. The van der Waals surface area contributed by atoms with Crippen LogP contribution in [0.5, 0.6) is 5.75 Å². The average molecular weight is 234 g/mol. The fourth-order valence-corrected chi connectivity index (χ4v) is 1.70. The molecule has 2 rings (SSSR count). The SMILES string of the molecule is COc1cc(CCl)ncc1-c1ccccc1. The molecule has 1 aromatic heterocycles. The summed E-state index contributed by atoms with van der Waals surface area (Å²) in [5, 5.41) is 0. The van der Waals surface area contributed by atoms with E-state index in [1.54, 1.807) is 13.3 Å². The quantitative estimate of drug-likeness (QED) is 0.757. The third-order valence-corrected chi connectivity index (χ3v) is 2.64. The lowest BCUT2D eigenvalue weighted by atomic mass is 10.1. The number of hydrogen-bond acceptors (Lipinski definition) is 2. The minimum Gasteiger partial charge on any atom is -0.496 e. The first-order chi connectivity index (χ1) is 7.85. The molecule has 16 heavy (non-hydrogen) atoms. The van der Waals surface area contributed by atoms with Crippen molar-refractivity contribution in [3.8, 4) is 16.9 Å². The van der Waals surface area contributed by atoms with Gasteiger partial charge in [0.25, 0.3) is 0 Å². The van der Waals surface area contributed by atoms with Crippen molar-refractivity contribution in [1.82, 2.24) is 4.98 Å². The zero-order chi connectivity index (χ0) is 11.4. The van der Waals surface area contributed by atoms with Crippen LogP contribution in [0.3, 0.4) is 0 Å². The summed E-state index contributed by atoms with van der Waals surface area (Å²) >= 11 is 5.74. The Kier molecular flexibility index (Phi) is 3.42. The number of hydrogen-bond donors (Lipinski definition) is 0. The van der Waals surface area contributed by atoms with Crippen LogP contribution in [0.25, 0.3) is 11.1 Å². The molecule has 2 nitrogen and oxygen atoms in total. The van der Waals surface area contributed by atoms with Crippen molar-refractivity contribution < 1.29 is 4.74 Å². The van der Waals surface area contributed by atoms with Gasteiger partial charge in [-0.3, -0.25) is 4.98 Å². The number of aromatic nitrogens is 1. The maximum atomic E-state index is 5.74. The van der Waals surface area contributed by atoms with E-state index in [0.717, 1.165) is 22.6 Å². The fourth-order valence-electron chi connectivity index (χ4n) is 1.55. The average Bonchev–Trinajstić information content (AvgIpc) is 2.39. The highest BCUT2D eigenvalue weighted by molar-refractivity contribution is 6.16. The molecule has 0 radical (unpaired) electrons. The highest BCUT2D eigenvalue weighted by atomic mass is 35.5. The van der Waals surface area contributed by atoms with Gasteiger partial charge in [-0.2, -0.15) is 0 Å². The molecule has 0 aliphatic rings. The molecule has 0 saturated carbocycles. The van der Waals surface area contributed by atoms with Gasteiger partial charge < -0.3 is 4.74 Å². The zero-order valence-electron chi connectivity index (χ0n) is 8.98. The predicted octanol–water partition coefficient (Wildman–Crippen LogP) is 3.50. The second-order valence-corrected chi connectivity index (χ2v) is 3.64. The lowest BCUT2D eigenvalue weighted by Gasteiger charge is -2.09. The van der Waals surface area contributed by atoms with Crippen LogP contribution in [-0.4, -0.2) is 12.1 Å². The number of halogens is 1. The van der Waals surface area contributed by atoms with E-state index in [-0.39, 0.29) is 0 Å². The Balaban J connectivity index is 2.49. The van der Waals surface area contributed by atoms with Gasteiger partial charge in [0.2, 0.25) is 0 Å². The van der Waals surface area contributed by atoms with Gasteiger partial charge in [-0.05, 0) is 5.56 Å². The van der Waals surface area contributed by atoms with Crippen LogP contribution < -0.4 is 4.74 Å². The first-order valence-electron chi connectivity index (χ1n) is 4.99. The minimum absolute atomic E-state index is 0.394. The minimum atomic E-state index is 0.394. The molecule has 0 saturated heterocycles. The van der Waals surface area contributed by atoms with E-state index in [1.165, 1.54) is 0 Å². The maximum absolute atomic E-state index is 5.74. The normalized spacial score (nSPS) is 10.1. The molecule has 0 fully saturated rings. The van der Waals surface area contributed by atoms with Crippen molar-refractivity contribution >= 4 is 11.6 Å². The topological polar surface area (TPSA) is 22.1 Å². The summed E-state index contributed by atoms with van der Waals surface area (Å²) in [6.45, 7) is 0. The molecule has 0 aliphatic carbocycles. The highest BCUT2D eigenvalue weighted by Crippen LogP contribution is 2.29. The van der Waals surface area contributed by atoms with Gasteiger partial charge in [0, 0.05) is 17.8 Å². The molecule has 0 amide bonds. The van der Waals surface area contributed by atoms with E-state index in [1.807, 2.05) is 36.4 Å². The Bertz CT molecular complexity index is 471. The number of ether oxygens (including phenoxy) is 1. The molecule has 2 aromatic rings. The molecule has 0 spiro atoms. The van der Waals surface area contributed by atoms with E-state index >= 15 is 0 Å². The zero-order valence-corrected chi connectivity index (χ0v) is 9.74. The van der Waals surface area contributed by atoms with E-state index in [0.29, 0.717) is 5.88 Å². The Labute approximate surface area is 99.9 Å². The smallest absolute Gasteiger partial charge is 0.130 e. The second kappa shape index (κ2) is 4.99. The van der Waals surface area contributed by atoms with Gasteiger partial charge in [-0.1, -0.05) is 30.3 Å². The molecule has 1 aromatic carbocycles. The Morgan fingerprint density at radius 2 is 2.00 bits per heavy atom. The van der Waals surface area contributed by atoms with E-state index in [9.17, 15) is 0 Å². The Morgan fingerprint density at radius 1 is 1.25 bits per heavy atom. The number of rotatable bonds is 3. The molecule has 0 aliphatic heterocycles. The monoisotopic (exact) mass is 233 g/mol. The lowest BCUT2D eigenvalue weighted by Crippen LogP contribution is -1.92. The van der Waals surface area contributed by atoms with E-state index < -0.39 is 0 Å². The van der Waals surface area contributed by atoms with Gasteiger partial charge in [0.05, 0.1) is 18.7 Å². The third-order valence-electron chi connectivity index (χ3n) is 2.36. The van der Waals surface area contributed by atoms with Crippen molar-refractivity contribution in [2.75, 3.05) is 7.11 Å². The maximum Gasteiger partial charge on any atom is 0.130 e. The molecule has 0 atom stereocenters. The first kappa shape index (κ1) is 11.0. The summed E-state index contributed by atoms with van der Waals surface area (Å²) in [4.78, 5) is 4.27. The molecular weight excluding hydrogens is 222 g/mol. The summed E-state index contributed by atoms with van der Waals surface area (Å²) < 4.78 is 5.34. The van der Waals surface area contributed by atoms with Gasteiger partial charge in [0.15, 0.2) is 0 Å². The molecule has 1 heterocycles. The number of benzene rings is 1. The van der Waals surface area contributed by atoms with Crippen LogP contribution in [0.15, 0.2) is 42.6 Å². The molecule has 0 unspecified atom stereocenters. The number of alkyl halides is 1. The van der Waals surface area contributed by atoms with Crippen molar-refractivity contribution in [3.63, 3.8) is 0 Å². The molecule has 82 valence electrons. The van der Waals surface area contributed by atoms with E-state index in [4.69, 9.17) is 16.3 Å². The van der Waals surface area contributed by atoms with Gasteiger partial charge in [0.1, 0.15) is 5.75 Å². The fraction of sp³-hybridized carbons (Fsp3) is 0.154. The largest absolute Gasteiger partial charge is 0.496 e. The van der Waals surface area contributed by atoms with Crippen molar-refractivity contribution in [2.24, 2.45) is 0 Å². The van der Waals surface area contributed by atoms with Crippen LogP contribution in [-0.2, 0) is 5.88 Å². The number of methoxy groups -OCH3 is 1. The number of pyridine rings is 1. The summed E-state index contributed by atoms with van der Waals surface area (Å²) in [6.07, 6.45) is 1.80. The van der Waals surface area contributed by atoms with Crippen LogP contribution in [0.4, 0.5) is 0 Å². The van der Waals surface area contributed by atoms with Crippen molar-refractivity contribution in [2.45, 2.75) is 5.88 Å². The van der Waals surface area contributed by atoms with Crippen LogP contribution in [0.2, 0.25) is 0 Å². The predicted molar refractivity (Wildman–Crippen MR) is 65.8 cm³/mol. The second-order valence-electron chi connectivity index (χ2n) is 3.38. The summed E-state index contributed by atoms with van der Waals surface area (Å²) in [5.74, 6) is 1.20.